The van der Waals surface area contributed by atoms with Gasteiger partial charge in [-0.25, -0.2) is 0 Å². The highest BCUT2D eigenvalue weighted by molar-refractivity contribution is 5.91. The van der Waals surface area contributed by atoms with Crippen molar-refractivity contribution in [3.8, 4) is 5.75 Å². The first-order chi connectivity index (χ1) is 10.2. The lowest BCUT2D eigenvalue weighted by Crippen LogP contribution is -2.27. The van der Waals surface area contributed by atoms with Crippen LogP contribution in [0.1, 0.15) is 45.2 Å². The lowest BCUT2D eigenvalue weighted by atomic mass is 9.89. The summed E-state index contributed by atoms with van der Waals surface area (Å²) in [6.45, 7) is 7.85. The number of fused-ring (bicyclic) bond motifs is 1. The standard InChI is InChI=1S/C19H27NO/c1-5-13-20-19(14(3)6-2)17-11-12-18(21-4)16-10-8-7-9-15(16)17/h7-12,14,19-20H,5-6,13H2,1-4H3. The molecule has 21 heavy (non-hydrogen) atoms. The van der Waals surface area contributed by atoms with Crippen LogP contribution in [0.25, 0.3) is 10.8 Å². The number of benzene rings is 2. The Morgan fingerprint density at radius 2 is 1.76 bits per heavy atom. The van der Waals surface area contributed by atoms with E-state index in [4.69, 9.17) is 4.74 Å². The van der Waals surface area contributed by atoms with E-state index >= 15 is 0 Å². The first kappa shape index (κ1) is 15.8. The molecule has 0 aliphatic rings. The highest BCUT2D eigenvalue weighted by Crippen LogP contribution is 2.34. The first-order valence-corrected chi connectivity index (χ1v) is 8.01. The van der Waals surface area contributed by atoms with Gasteiger partial charge in [0.25, 0.3) is 0 Å². The lowest BCUT2D eigenvalue weighted by Gasteiger charge is -2.26. The summed E-state index contributed by atoms with van der Waals surface area (Å²) in [7, 11) is 1.74. The molecule has 2 unspecified atom stereocenters. The van der Waals surface area contributed by atoms with Crippen LogP contribution in [0.3, 0.4) is 0 Å². The number of hydrogen-bond acceptors (Lipinski definition) is 2. The summed E-state index contributed by atoms with van der Waals surface area (Å²) in [5, 5.41) is 6.22. The molecular formula is C19H27NO. The van der Waals surface area contributed by atoms with Crippen LogP contribution >= 0.6 is 0 Å². The average Bonchev–Trinajstić information content (AvgIpc) is 2.54. The maximum atomic E-state index is 5.51. The van der Waals surface area contributed by atoms with Crippen LogP contribution in [0.2, 0.25) is 0 Å². The molecule has 1 N–H and O–H groups in total. The molecule has 0 aliphatic heterocycles. The van der Waals surface area contributed by atoms with Gasteiger partial charge in [-0.2, -0.15) is 0 Å². The maximum absolute atomic E-state index is 5.51. The SMILES string of the molecule is CCCNC(c1ccc(OC)c2ccccc12)C(C)CC. The van der Waals surface area contributed by atoms with Gasteiger partial charge in [0.05, 0.1) is 7.11 Å². The van der Waals surface area contributed by atoms with Crippen LogP contribution in [0.4, 0.5) is 0 Å². The van der Waals surface area contributed by atoms with E-state index in [-0.39, 0.29) is 0 Å². The second kappa shape index (κ2) is 7.46. The summed E-state index contributed by atoms with van der Waals surface area (Å²) in [6, 6.07) is 13.2. The van der Waals surface area contributed by atoms with E-state index in [0.29, 0.717) is 12.0 Å². The van der Waals surface area contributed by atoms with Crippen molar-refractivity contribution in [2.75, 3.05) is 13.7 Å². The summed E-state index contributed by atoms with van der Waals surface area (Å²) in [6.07, 6.45) is 2.32. The fraction of sp³-hybridized carbons (Fsp3) is 0.474. The normalized spacial score (nSPS) is 14.1. The minimum atomic E-state index is 0.394. The molecule has 2 heteroatoms. The molecule has 0 fully saturated rings. The van der Waals surface area contributed by atoms with Crippen molar-refractivity contribution in [1.82, 2.24) is 5.32 Å². The minimum Gasteiger partial charge on any atom is -0.496 e. The van der Waals surface area contributed by atoms with E-state index in [2.05, 4.69) is 62.5 Å². The fourth-order valence-electron chi connectivity index (χ4n) is 2.90. The quantitative estimate of drug-likeness (QED) is 0.778. The van der Waals surface area contributed by atoms with E-state index < -0.39 is 0 Å². The summed E-state index contributed by atoms with van der Waals surface area (Å²) < 4.78 is 5.51. The minimum absolute atomic E-state index is 0.394. The highest BCUT2D eigenvalue weighted by Gasteiger charge is 2.20. The molecule has 0 bridgehead atoms. The van der Waals surface area contributed by atoms with Gasteiger partial charge in [-0.3, -0.25) is 0 Å². The lowest BCUT2D eigenvalue weighted by molar-refractivity contribution is 0.378. The van der Waals surface area contributed by atoms with Gasteiger partial charge in [-0.05, 0) is 35.9 Å². The highest BCUT2D eigenvalue weighted by atomic mass is 16.5. The third-order valence-corrected chi connectivity index (χ3v) is 4.30. The monoisotopic (exact) mass is 285 g/mol. The van der Waals surface area contributed by atoms with Crippen molar-refractivity contribution < 1.29 is 4.74 Å². The smallest absolute Gasteiger partial charge is 0.126 e. The van der Waals surface area contributed by atoms with Gasteiger partial charge in [0.1, 0.15) is 5.75 Å². The summed E-state index contributed by atoms with van der Waals surface area (Å²) in [4.78, 5) is 0. The fourth-order valence-corrected chi connectivity index (χ4v) is 2.90. The van der Waals surface area contributed by atoms with Crippen LogP contribution in [0.5, 0.6) is 5.75 Å². The third-order valence-electron chi connectivity index (χ3n) is 4.30. The number of methoxy groups -OCH3 is 1. The topological polar surface area (TPSA) is 21.3 Å². The Balaban J connectivity index is 2.52. The van der Waals surface area contributed by atoms with Crippen LogP contribution in [0, 0.1) is 5.92 Å². The molecule has 2 aromatic carbocycles. The molecule has 0 aliphatic carbocycles. The van der Waals surface area contributed by atoms with Crippen molar-refractivity contribution in [2.45, 2.75) is 39.7 Å². The van der Waals surface area contributed by atoms with Gasteiger partial charge in [-0.15, -0.1) is 0 Å². The van der Waals surface area contributed by atoms with E-state index in [1.165, 1.54) is 22.8 Å². The zero-order valence-corrected chi connectivity index (χ0v) is 13.6. The Hall–Kier alpha value is -1.54. The van der Waals surface area contributed by atoms with Gasteiger partial charge >= 0.3 is 0 Å². The van der Waals surface area contributed by atoms with Gasteiger partial charge < -0.3 is 10.1 Å². The molecular weight excluding hydrogens is 258 g/mol. The Labute approximate surface area is 128 Å². The number of hydrogen-bond donors (Lipinski definition) is 1. The number of nitrogens with one attached hydrogen (secondary N) is 1. The Bertz CT molecular complexity index is 579. The maximum Gasteiger partial charge on any atom is 0.126 e. The molecule has 2 atom stereocenters. The Morgan fingerprint density at radius 3 is 2.38 bits per heavy atom. The van der Waals surface area contributed by atoms with Gasteiger partial charge in [0, 0.05) is 11.4 Å². The van der Waals surface area contributed by atoms with Crippen molar-refractivity contribution in [1.29, 1.82) is 0 Å². The molecule has 0 radical (unpaired) electrons. The first-order valence-electron chi connectivity index (χ1n) is 8.01. The molecule has 0 spiro atoms. The molecule has 0 heterocycles. The molecule has 2 nitrogen and oxygen atoms in total. The Morgan fingerprint density at radius 1 is 1.05 bits per heavy atom. The molecule has 2 aromatic rings. The van der Waals surface area contributed by atoms with Crippen LogP contribution in [-0.4, -0.2) is 13.7 Å². The van der Waals surface area contributed by atoms with Crippen molar-refractivity contribution >= 4 is 10.8 Å². The summed E-state index contributed by atoms with van der Waals surface area (Å²) >= 11 is 0. The van der Waals surface area contributed by atoms with E-state index in [1.807, 2.05) is 0 Å². The summed E-state index contributed by atoms with van der Waals surface area (Å²) in [5.41, 5.74) is 1.38. The molecule has 0 saturated heterocycles. The Kier molecular flexibility index (Phi) is 5.63. The van der Waals surface area contributed by atoms with Gasteiger partial charge in [0.2, 0.25) is 0 Å². The zero-order chi connectivity index (χ0) is 15.2. The largest absolute Gasteiger partial charge is 0.496 e. The molecule has 114 valence electrons. The molecule has 0 amide bonds. The second-order valence-corrected chi connectivity index (χ2v) is 5.72. The van der Waals surface area contributed by atoms with Crippen molar-refractivity contribution in [2.24, 2.45) is 5.92 Å². The molecule has 2 rings (SSSR count). The number of rotatable bonds is 7. The second-order valence-electron chi connectivity index (χ2n) is 5.72. The van der Waals surface area contributed by atoms with Gasteiger partial charge in [-0.1, -0.05) is 57.5 Å². The van der Waals surface area contributed by atoms with Crippen LogP contribution in [0.15, 0.2) is 36.4 Å². The average molecular weight is 285 g/mol. The summed E-state index contributed by atoms with van der Waals surface area (Å²) in [5.74, 6) is 1.56. The predicted octanol–water partition coefficient (Wildman–Crippen LogP) is 4.94. The molecule has 0 saturated carbocycles. The van der Waals surface area contributed by atoms with Crippen molar-refractivity contribution in [3.63, 3.8) is 0 Å². The van der Waals surface area contributed by atoms with Crippen LogP contribution in [-0.2, 0) is 0 Å². The van der Waals surface area contributed by atoms with Gasteiger partial charge in [0.15, 0.2) is 0 Å². The number of ether oxygens (including phenoxy) is 1. The zero-order valence-electron chi connectivity index (χ0n) is 13.6. The van der Waals surface area contributed by atoms with Crippen molar-refractivity contribution in [3.05, 3.63) is 42.0 Å². The van der Waals surface area contributed by atoms with Crippen LogP contribution < -0.4 is 10.1 Å². The molecule has 0 aromatic heterocycles. The van der Waals surface area contributed by atoms with E-state index in [1.54, 1.807) is 7.11 Å². The third kappa shape index (κ3) is 3.38. The van der Waals surface area contributed by atoms with E-state index in [9.17, 15) is 0 Å². The van der Waals surface area contributed by atoms with E-state index in [0.717, 1.165) is 18.7 Å². The predicted molar refractivity (Wildman–Crippen MR) is 91.0 cm³/mol.